The lowest BCUT2D eigenvalue weighted by atomic mass is 9.99. The molecule has 9 heteroatoms. The van der Waals surface area contributed by atoms with E-state index in [1.54, 1.807) is 6.08 Å². The lowest BCUT2D eigenvalue weighted by Gasteiger charge is -2.40. The molecule has 7 atom stereocenters. The quantitative estimate of drug-likeness (QED) is 0.0261. The summed E-state index contributed by atoms with van der Waals surface area (Å²) >= 11 is 0. The lowest BCUT2D eigenvalue weighted by molar-refractivity contribution is -0.302. The molecule has 1 rings (SSSR count). The summed E-state index contributed by atoms with van der Waals surface area (Å²) in [7, 11) is 0. The summed E-state index contributed by atoms with van der Waals surface area (Å²) in [5, 5.41) is 54.4. The van der Waals surface area contributed by atoms with Crippen LogP contribution in [-0.2, 0) is 14.3 Å². The molecule has 0 bridgehead atoms. The predicted molar refractivity (Wildman–Crippen MR) is 281 cm³/mol. The van der Waals surface area contributed by atoms with Crippen molar-refractivity contribution in [3.63, 3.8) is 0 Å². The Morgan fingerprint density at radius 2 is 0.851 bits per heavy atom. The fourth-order valence-corrected chi connectivity index (χ4v) is 8.83. The maximum absolute atomic E-state index is 13.0. The summed E-state index contributed by atoms with van der Waals surface area (Å²) in [5.41, 5.74) is 0. The number of allylic oxidation sites excluding steroid dienone is 7. The van der Waals surface area contributed by atoms with Crippen molar-refractivity contribution in [3.8, 4) is 0 Å². The Morgan fingerprint density at radius 3 is 1.25 bits per heavy atom. The van der Waals surface area contributed by atoms with Gasteiger partial charge in [-0.05, 0) is 70.6 Å². The Hall–Kier alpha value is -1.85. The van der Waals surface area contributed by atoms with Crippen LogP contribution in [0.4, 0.5) is 0 Å². The van der Waals surface area contributed by atoms with Gasteiger partial charge in [0.05, 0.1) is 25.4 Å². The zero-order valence-corrected chi connectivity index (χ0v) is 43.4. The normalized spacial score (nSPS) is 20.0. The van der Waals surface area contributed by atoms with E-state index in [1.165, 1.54) is 180 Å². The van der Waals surface area contributed by atoms with E-state index in [0.717, 1.165) is 57.8 Å². The molecular weight excluding hydrogens is 839 g/mol. The summed E-state index contributed by atoms with van der Waals surface area (Å²) in [6.45, 7) is 3.77. The SMILES string of the molecule is CCCCCCCC/C=C\CCCCCCCCCC(=O)NC(COC1OC(CO)C(O)C(O)C1O)C(O)/C=C/CC/C=C/CC/C=C/CCCCCCCCCCCCCCCCCCC. The minimum Gasteiger partial charge on any atom is -0.394 e. The van der Waals surface area contributed by atoms with Gasteiger partial charge in [0.25, 0.3) is 0 Å². The van der Waals surface area contributed by atoms with Crippen LogP contribution in [0.3, 0.4) is 0 Å². The van der Waals surface area contributed by atoms with Gasteiger partial charge >= 0.3 is 0 Å². The van der Waals surface area contributed by atoms with Crippen molar-refractivity contribution in [2.24, 2.45) is 0 Å². The van der Waals surface area contributed by atoms with Gasteiger partial charge < -0.3 is 40.3 Å². The molecule has 67 heavy (non-hydrogen) atoms. The fraction of sp³-hybridized carbons (Fsp3) is 0.845. The van der Waals surface area contributed by atoms with Crippen LogP contribution in [0, 0.1) is 0 Å². The van der Waals surface area contributed by atoms with E-state index >= 15 is 0 Å². The summed E-state index contributed by atoms with van der Waals surface area (Å²) < 4.78 is 11.2. The topological polar surface area (TPSA) is 149 Å². The Balaban J connectivity index is 2.27. The molecule has 392 valence electrons. The van der Waals surface area contributed by atoms with Gasteiger partial charge in [-0.1, -0.05) is 229 Å². The van der Waals surface area contributed by atoms with Gasteiger partial charge in [-0.2, -0.15) is 0 Å². The molecule has 7 unspecified atom stereocenters. The van der Waals surface area contributed by atoms with Gasteiger partial charge in [0.1, 0.15) is 24.4 Å². The van der Waals surface area contributed by atoms with E-state index in [2.05, 4.69) is 55.6 Å². The molecule has 0 aromatic heterocycles. The monoisotopic (exact) mass is 946 g/mol. The summed E-state index contributed by atoms with van der Waals surface area (Å²) in [6.07, 6.45) is 56.1. The van der Waals surface area contributed by atoms with Gasteiger partial charge in [-0.3, -0.25) is 4.79 Å². The minimum absolute atomic E-state index is 0.195. The Kier molecular flexibility index (Phi) is 45.1. The third-order valence-corrected chi connectivity index (χ3v) is 13.4. The third-order valence-electron chi connectivity index (χ3n) is 13.4. The average molecular weight is 946 g/mol. The number of unbranched alkanes of at least 4 members (excludes halogenated alkanes) is 32. The molecule has 0 radical (unpaired) electrons. The molecule has 1 aliphatic heterocycles. The van der Waals surface area contributed by atoms with Crippen LogP contribution in [0.25, 0.3) is 0 Å². The molecule has 9 nitrogen and oxygen atoms in total. The number of rotatable bonds is 48. The van der Waals surface area contributed by atoms with Crippen molar-refractivity contribution >= 4 is 5.91 Å². The van der Waals surface area contributed by atoms with Crippen LogP contribution >= 0.6 is 0 Å². The van der Waals surface area contributed by atoms with Crippen LogP contribution in [0.2, 0.25) is 0 Å². The summed E-state index contributed by atoms with van der Waals surface area (Å²) in [4.78, 5) is 13.0. The highest BCUT2D eigenvalue weighted by molar-refractivity contribution is 5.76. The van der Waals surface area contributed by atoms with Crippen LogP contribution in [-0.4, -0.2) is 87.5 Å². The largest absolute Gasteiger partial charge is 0.394 e. The molecule has 1 aliphatic rings. The van der Waals surface area contributed by atoms with Gasteiger partial charge in [0.15, 0.2) is 6.29 Å². The smallest absolute Gasteiger partial charge is 0.220 e. The van der Waals surface area contributed by atoms with Crippen molar-refractivity contribution in [1.29, 1.82) is 0 Å². The second-order valence-corrected chi connectivity index (χ2v) is 19.7. The van der Waals surface area contributed by atoms with Crippen molar-refractivity contribution in [1.82, 2.24) is 5.32 Å². The predicted octanol–water partition coefficient (Wildman–Crippen LogP) is 13.7. The third kappa shape index (κ3) is 37.6. The minimum atomic E-state index is -1.58. The van der Waals surface area contributed by atoms with Gasteiger partial charge in [-0.25, -0.2) is 0 Å². The first-order chi connectivity index (χ1) is 32.8. The number of carbonyl (C=O) groups excluding carboxylic acids is 1. The van der Waals surface area contributed by atoms with E-state index in [-0.39, 0.29) is 12.5 Å². The first-order valence-corrected chi connectivity index (χ1v) is 28.4. The molecule has 1 amide bonds. The molecule has 0 saturated carbocycles. The number of aliphatic hydroxyl groups excluding tert-OH is 5. The second kappa shape index (κ2) is 47.8. The zero-order chi connectivity index (χ0) is 48.7. The molecular formula is C58H107NO8. The number of amides is 1. The molecule has 0 aliphatic carbocycles. The number of hydrogen-bond donors (Lipinski definition) is 6. The van der Waals surface area contributed by atoms with Crippen LogP contribution in [0.5, 0.6) is 0 Å². The van der Waals surface area contributed by atoms with Crippen LogP contribution in [0.15, 0.2) is 48.6 Å². The van der Waals surface area contributed by atoms with Crippen LogP contribution < -0.4 is 5.32 Å². The van der Waals surface area contributed by atoms with Crippen molar-refractivity contribution in [2.75, 3.05) is 13.2 Å². The summed E-state index contributed by atoms with van der Waals surface area (Å²) in [6, 6.07) is -0.831. The number of aliphatic hydroxyl groups is 5. The highest BCUT2D eigenvalue weighted by atomic mass is 16.7. The molecule has 0 aromatic rings. The highest BCUT2D eigenvalue weighted by Crippen LogP contribution is 2.23. The Labute approximate surface area is 412 Å². The van der Waals surface area contributed by atoms with Crippen molar-refractivity contribution in [2.45, 2.75) is 301 Å². The van der Waals surface area contributed by atoms with Crippen LogP contribution in [0.1, 0.15) is 258 Å². The number of ether oxygens (including phenoxy) is 2. The van der Waals surface area contributed by atoms with E-state index in [4.69, 9.17) is 9.47 Å². The highest BCUT2D eigenvalue weighted by Gasteiger charge is 2.44. The molecule has 1 heterocycles. The van der Waals surface area contributed by atoms with E-state index in [9.17, 15) is 30.3 Å². The molecule has 0 spiro atoms. The molecule has 1 saturated heterocycles. The number of nitrogens with one attached hydrogen (secondary N) is 1. The first kappa shape index (κ1) is 63.2. The molecule has 0 aromatic carbocycles. The Morgan fingerprint density at radius 1 is 0.493 bits per heavy atom. The maximum atomic E-state index is 13.0. The summed E-state index contributed by atoms with van der Waals surface area (Å²) in [5.74, 6) is -0.195. The first-order valence-electron chi connectivity index (χ1n) is 28.4. The Bertz CT molecular complexity index is 1190. The van der Waals surface area contributed by atoms with Gasteiger partial charge in [-0.15, -0.1) is 0 Å². The average Bonchev–Trinajstić information content (AvgIpc) is 3.33. The molecule has 1 fully saturated rings. The van der Waals surface area contributed by atoms with Gasteiger partial charge in [0.2, 0.25) is 5.91 Å². The number of carbonyl (C=O) groups is 1. The van der Waals surface area contributed by atoms with Gasteiger partial charge in [0, 0.05) is 6.42 Å². The molecule has 6 N–H and O–H groups in total. The fourth-order valence-electron chi connectivity index (χ4n) is 8.83. The number of hydrogen-bond acceptors (Lipinski definition) is 8. The van der Waals surface area contributed by atoms with E-state index in [1.807, 2.05) is 6.08 Å². The van der Waals surface area contributed by atoms with E-state index in [0.29, 0.717) is 6.42 Å². The standard InChI is InChI=1S/C58H107NO8/c1-3-5-7-9-11-13-15-17-19-21-22-23-24-25-26-27-28-29-30-32-33-35-37-39-41-43-45-47-52(61)51(50-66-58-57(65)56(64)55(63)53(49-60)67-58)59-54(62)48-46-44-42-40-38-36-34-31-20-18-16-14-12-10-8-6-4-2/h18,20,30,32,37,39,45,47,51-53,55-58,60-61,63-65H,3-17,19,21-29,31,33-36,38,40-44,46,48-50H2,1-2H3,(H,59,62)/b20-18-,32-30+,39-37+,47-45+. The van der Waals surface area contributed by atoms with E-state index < -0.39 is 49.5 Å². The maximum Gasteiger partial charge on any atom is 0.220 e. The van der Waals surface area contributed by atoms with Crippen molar-refractivity contribution in [3.05, 3.63) is 48.6 Å². The lowest BCUT2D eigenvalue weighted by Crippen LogP contribution is -2.60. The zero-order valence-electron chi connectivity index (χ0n) is 43.4. The second-order valence-electron chi connectivity index (χ2n) is 19.7. The van der Waals surface area contributed by atoms with Crippen molar-refractivity contribution < 1.29 is 39.8 Å².